The normalized spacial score (nSPS) is 15.1. The average molecular weight is 589 g/mol. The van der Waals surface area contributed by atoms with Gasteiger partial charge in [0, 0.05) is 74.0 Å². The van der Waals surface area contributed by atoms with E-state index in [0.29, 0.717) is 23.7 Å². The number of piperazine rings is 1. The zero-order valence-corrected chi connectivity index (χ0v) is 23.4. The van der Waals surface area contributed by atoms with E-state index in [4.69, 9.17) is 17.3 Å². The fourth-order valence-electron chi connectivity index (χ4n) is 5.42. The second-order valence-electron chi connectivity index (χ2n) is 10.4. The Bertz CT molecular complexity index is 1460. The van der Waals surface area contributed by atoms with E-state index in [2.05, 4.69) is 37.3 Å². The van der Waals surface area contributed by atoms with E-state index in [1.165, 1.54) is 17.7 Å². The molecule has 10 heteroatoms. The monoisotopic (exact) mass is 588 g/mol. The van der Waals surface area contributed by atoms with Crippen molar-refractivity contribution in [2.24, 2.45) is 5.73 Å². The van der Waals surface area contributed by atoms with Crippen LogP contribution >= 0.6 is 11.6 Å². The summed E-state index contributed by atoms with van der Waals surface area (Å²) in [6.45, 7) is 5.77. The molecule has 0 unspecified atom stereocenters. The van der Waals surface area contributed by atoms with Gasteiger partial charge in [-0.15, -0.1) is 13.2 Å². The average Bonchev–Trinajstić information content (AvgIpc) is 3.31. The largest absolute Gasteiger partial charge is 0.573 e. The molecule has 0 amide bonds. The van der Waals surface area contributed by atoms with Gasteiger partial charge in [-0.25, -0.2) is 4.39 Å². The first-order chi connectivity index (χ1) is 19.7. The van der Waals surface area contributed by atoms with Gasteiger partial charge in [0.15, 0.2) is 0 Å². The number of fused-ring (bicyclic) bond motifs is 1. The molecule has 0 radical (unpaired) electrons. The molecule has 4 aromatic rings. The lowest BCUT2D eigenvalue weighted by molar-refractivity contribution is -0.274. The van der Waals surface area contributed by atoms with Crippen molar-refractivity contribution in [3.8, 4) is 16.9 Å². The number of aromatic nitrogens is 1. The molecule has 218 valence electrons. The van der Waals surface area contributed by atoms with Crippen molar-refractivity contribution in [1.82, 2.24) is 14.4 Å². The van der Waals surface area contributed by atoms with Crippen LogP contribution in [0.2, 0.25) is 5.02 Å². The number of halogens is 5. The van der Waals surface area contributed by atoms with E-state index in [1.807, 2.05) is 18.3 Å². The Morgan fingerprint density at radius 3 is 2.22 bits per heavy atom. The standard InChI is InChI=1S/C31H33ClF4N4O/c32-30-24(18-33)3-1-4-25(30)20-39-15-13-38(14-16-39)19-22-5-10-29-27(17-22)28(21-40(29)12-2-11-37)23-6-8-26(9-7-23)41-31(34,35)36/h1,3-10,17,21H,2,11-16,18-20,37H2. The number of ether oxygens (including phenoxy) is 1. The first-order valence-corrected chi connectivity index (χ1v) is 14.1. The molecular weight excluding hydrogens is 556 g/mol. The lowest BCUT2D eigenvalue weighted by Gasteiger charge is -2.35. The maximum absolute atomic E-state index is 13.2. The summed E-state index contributed by atoms with van der Waals surface area (Å²) in [7, 11) is 0. The summed E-state index contributed by atoms with van der Waals surface area (Å²) in [6.07, 6.45) is -1.87. The predicted octanol–water partition coefficient (Wildman–Crippen LogP) is 7.00. The summed E-state index contributed by atoms with van der Waals surface area (Å²) in [5, 5.41) is 1.56. The Morgan fingerprint density at radius 1 is 0.878 bits per heavy atom. The van der Waals surface area contributed by atoms with Crippen molar-refractivity contribution in [1.29, 1.82) is 0 Å². The van der Waals surface area contributed by atoms with Gasteiger partial charge in [-0.2, -0.15) is 0 Å². The molecule has 41 heavy (non-hydrogen) atoms. The van der Waals surface area contributed by atoms with Gasteiger partial charge in [-0.3, -0.25) is 9.80 Å². The zero-order chi connectivity index (χ0) is 29.0. The van der Waals surface area contributed by atoms with Crippen molar-refractivity contribution in [2.45, 2.75) is 39.1 Å². The third-order valence-electron chi connectivity index (χ3n) is 7.52. The van der Waals surface area contributed by atoms with Gasteiger partial charge >= 0.3 is 6.36 Å². The highest BCUT2D eigenvalue weighted by Gasteiger charge is 2.31. The predicted molar refractivity (Wildman–Crippen MR) is 155 cm³/mol. The number of rotatable bonds is 10. The van der Waals surface area contributed by atoms with Crippen LogP contribution in [-0.2, 0) is 26.3 Å². The number of hydrogen-bond donors (Lipinski definition) is 1. The Balaban J connectivity index is 1.30. The second kappa shape index (κ2) is 12.8. The summed E-state index contributed by atoms with van der Waals surface area (Å²) in [5.74, 6) is -0.245. The third-order valence-corrected chi connectivity index (χ3v) is 8.00. The lowest BCUT2D eigenvalue weighted by Crippen LogP contribution is -2.45. The Labute approximate surface area is 242 Å². The fraction of sp³-hybridized carbons (Fsp3) is 0.355. The molecule has 0 atom stereocenters. The van der Waals surface area contributed by atoms with Crippen LogP contribution in [0.25, 0.3) is 22.0 Å². The minimum absolute atomic E-state index is 0.245. The quantitative estimate of drug-likeness (QED) is 0.203. The number of benzene rings is 3. The molecule has 1 aliphatic heterocycles. The first kappa shape index (κ1) is 29.4. The highest BCUT2D eigenvalue weighted by Crippen LogP contribution is 2.34. The summed E-state index contributed by atoms with van der Waals surface area (Å²) < 4.78 is 57.3. The van der Waals surface area contributed by atoms with E-state index in [9.17, 15) is 17.6 Å². The van der Waals surface area contributed by atoms with Gasteiger partial charge in [0.2, 0.25) is 0 Å². The van der Waals surface area contributed by atoms with Crippen molar-refractivity contribution < 1.29 is 22.3 Å². The van der Waals surface area contributed by atoms with Crippen LogP contribution in [0.3, 0.4) is 0 Å². The van der Waals surface area contributed by atoms with E-state index in [1.54, 1.807) is 18.2 Å². The van der Waals surface area contributed by atoms with Gasteiger partial charge < -0.3 is 15.0 Å². The lowest BCUT2D eigenvalue weighted by atomic mass is 10.0. The van der Waals surface area contributed by atoms with Crippen molar-refractivity contribution in [3.05, 3.63) is 88.6 Å². The van der Waals surface area contributed by atoms with Crippen LogP contribution in [0.1, 0.15) is 23.1 Å². The number of alkyl halides is 4. The fourth-order valence-corrected chi connectivity index (χ4v) is 5.65. The van der Waals surface area contributed by atoms with E-state index >= 15 is 0 Å². The molecule has 1 fully saturated rings. The molecule has 0 aliphatic carbocycles. The van der Waals surface area contributed by atoms with Crippen LogP contribution in [0.15, 0.2) is 66.9 Å². The van der Waals surface area contributed by atoms with Gasteiger partial charge in [0.25, 0.3) is 0 Å². The molecule has 1 aromatic heterocycles. The Hall–Kier alpha value is -3.11. The van der Waals surface area contributed by atoms with Crippen LogP contribution in [-0.4, -0.2) is 53.5 Å². The molecule has 5 rings (SSSR count). The van der Waals surface area contributed by atoms with Gasteiger partial charge in [0.05, 0.1) is 5.02 Å². The number of nitrogens with two attached hydrogens (primary N) is 1. The molecule has 1 aliphatic rings. The van der Waals surface area contributed by atoms with E-state index in [0.717, 1.165) is 73.3 Å². The zero-order valence-electron chi connectivity index (χ0n) is 22.6. The topological polar surface area (TPSA) is 46.7 Å². The maximum Gasteiger partial charge on any atom is 0.573 e. The smallest absolute Gasteiger partial charge is 0.406 e. The molecule has 2 N–H and O–H groups in total. The number of aryl methyl sites for hydroxylation is 1. The molecule has 0 bridgehead atoms. The molecule has 1 saturated heterocycles. The first-order valence-electron chi connectivity index (χ1n) is 13.7. The highest BCUT2D eigenvalue weighted by atomic mass is 35.5. The van der Waals surface area contributed by atoms with Crippen molar-refractivity contribution >= 4 is 22.5 Å². The van der Waals surface area contributed by atoms with Gasteiger partial charge in [-0.05, 0) is 53.9 Å². The van der Waals surface area contributed by atoms with Crippen LogP contribution < -0.4 is 10.5 Å². The van der Waals surface area contributed by atoms with Crippen LogP contribution in [0, 0.1) is 0 Å². The van der Waals surface area contributed by atoms with Gasteiger partial charge in [0.1, 0.15) is 12.4 Å². The molecule has 2 heterocycles. The molecule has 0 spiro atoms. The maximum atomic E-state index is 13.2. The third kappa shape index (κ3) is 7.22. The van der Waals surface area contributed by atoms with Crippen LogP contribution in [0.4, 0.5) is 17.6 Å². The minimum atomic E-state index is -4.73. The summed E-state index contributed by atoms with van der Waals surface area (Å²) in [6, 6.07) is 18.0. The minimum Gasteiger partial charge on any atom is -0.406 e. The Morgan fingerprint density at radius 2 is 1.56 bits per heavy atom. The van der Waals surface area contributed by atoms with Crippen molar-refractivity contribution in [2.75, 3.05) is 32.7 Å². The SMILES string of the molecule is NCCCn1cc(-c2ccc(OC(F)(F)F)cc2)c2cc(CN3CCN(Cc4cccc(CF)c4Cl)CC3)ccc21. The summed E-state index contributed by atoms with van der Waals surface area (Å²) >= 11 is 6.40. The Kier molecular flexibility index (Phi) is 9.19. The summed E-state index contributed by atoms with van der Waals surface area (Å²) in [5.41, 5.74) is 11.2. The van der Waals surface area contributed by atoms with E-state index in [-0.39, 0.29) is 5.75 Å². The number of nitrogens with zero attached hydrogens (tertiary/aromatic N) is 3. The molecule has 3 aromatic carbocycles. The van der Waals surface area contributed by atoms with Crippen LogP contribution in [0.5, 0.6) is 5.75 Å². The van der Waals surface area contributed by atoms with Crippen molar-refractivity contribution in [3.63, 3.8) is 0 Å². The molecule has 5 nitrogen and oxygen atoms in total. The number of hydrogen-bond acceptors (Lipinski definition) is 4. The van der Waals surface area contributed by atoms with E-state index < -0.39 is 13.0 Å². The van der Waals surface area contributed by atoms with Gasteiger partial charge in [-0.1, -0.05) is 48.0 Å². The molecule has 0 saturated carbocycles. The highest BCUT2D eigenvalue weighted by molar-refractivity contribution is 6.32. The second-order valence-corrected chi connectivity index (χ2v) is 10.8. The molecular formula is C31H33ClF4N4O. The summed E-state index contributed by atoms with van der Waals surface area (Å²) in [4.78, 5) is 4.75.